The molecule has 64 valence electrons. The number of hydrogen-bond acceptors (Lipinski definition) is 1. The van der Waals surface area contributed by atoms with E-state index in [0.29, 0.717) is 11.7 Å². The molecule has 12 heavy (non-hydrogen) atoms. The lowest BCUT2D eigenvalue weighted by molar-refractivity contribution is -0.118. The zero-order chi connectivity index (χ0) is 8.55. The molecule has 0 heterocycles. The third-order valence-electron chi connectivity index (χ3n) is 2.90. The zero-order valence-electron chi connectivity index (χ0n) is 7.47. The highest BCUT2D eigenvalue weighted by molar-refractivity contribution is 6.03. The van der Waals surface area contributed by atoms with Gasteiger partial charge in [-0.3, -0.25) is 4.79 Å². The second kappa shape index (κ2) is 2.89. The predicted molar refractivity (Wildman–Crippen MR) is 48.8 cm³/mol. The van der Waals surface area contributed by atoms with Gasteiger partial charge in [0, 0.05) is 11.5 Å². The molecule has 0 aromatic heterocycles. The highest BCUT2D eigenvalue weighted by Gasteiger charge is 2.30. The summed E-state index contributed by atoms with van der Waals surface area (Å²) in [5.41, 5.74) is 2.45. The number of carbonyl (C=O) groups is 1. The molecule has 0 bridgehead atoms. The van der Waals surface area contributed by atoms with Crippen molar-refractivity contribution in [2.45, 2.75) is 32.6 Å². The molecule has 1 unspecified atom stereocenters. The molecule has 0 aromatic rings. The summed E-state index contributed by atoms with van der Waals surface area (Å²) in [6.07, 6.45) is 8.43. The topological polar surface area (TPSA) is 17.1 Å². The van der Waals surface area contributed by atoms with Crippen molar-refractivity contribution in [3.8, 4) is 0 Å². The molecule has 1 heteroatoms. The minimum atomic E-state index is 0.303. The van der Waals surface area contributed by atoms with E-state index in [2.05, 4.69) is 13.0 Å². The van der Waals surface area contributed by atoms with Crippen molar-refractivity contribution in [1.82, 2.24) is 0 Å². The first-order chi connectivity index (χ1) is 5.83. The maximum absolute atomic E-state index is 11.7. The van der Waals surface area contributed by atoms with Crippen molar-refractivity contribution in [2.24, 2.45) is 5.92 Å². The fourth-order valence-electron chi connectivity index (χ4n) is 2.12. The molecular weight excluding hydrogens is 148 g/mol. The van der Waals surface area contributed by atoms with E-state index in [9.17, 15) is 4.79 Å². The van der Waals surface area contributed by atoms with Gasteiger partial charge < -0.3 is 0 Å². The number of Topliss-reactive ketones (excluding diaryl/α,β-unsaturated/α-hetero) is 1. The maximum Gasteiger partial charge on any atom is 0.166 e. The molecule has 0 spiro atoms. The van der Waals surface area contributed by atoms with E-state index >= 15 is 0 Å². The van der Waals surface area contributed by atoms with Gasteiger partial charge in [0.25, 0.3) is 0 Å². The molecule has 0 N–H and O–H groups in total. The van der Waals surface area contributed by atoms with Gasteiger partial charge in [-0.15, -0.1) is 0 Å². The Morgan fingerprint density at radius 2 is 2.42 bits per heavy atom. The van der Waals surface area contributed by atoms with Gasteiger partial charge in [0.15, 0.2) is 5.78 Å². The average Bonchev–Trinajstić information content (AvgIpc) is 2.44. The molecule has 1 nitrogen and oxygen atoms in total. The monoisotopic (exact) mass is 162 g/mol. The van der Waals surface area contributed by atoms with Crippen molar-refractivity contribution in [3.63, 3.8) is 0 Å². The Labute approximate surface area is 73.2 Å². The number of rotatable bonds is 1. The summed E-state index contributed by atoms with van der Waals surface area (Å²) < 4.78 is 0. The van der Waals surface area contributed by atoms with Crippen LogP contribution < -0.4 is 0 Å². The number of carbonyl (C=O) groups excluding carboxylic acids is 1. The molecule has 1 atom stereocenters. The summed E-state index contributed by atoms with van der Waals surface area (Å²) >= 11 is 0. The van der Waals surface area contributed by atoms with E-state index < -0.39 is 0 Å². The van der Waals surface area contributed by atoms with Crippen molar-refractivity contribution >= 4 is 5.78 Å². The Balaban J connectivity index is 2.26. The summed E-state index contributed by atoms with van der Waals surface area (Å²) in [6.45, 7) is 2.10. The molecule has 0 aliphatic heterocycles. The number of ketones is 1. The van der Waals surface area contributed by atoms with Crippen LogP contribution in [-0.2, 0) is 4.79 Å². The van der Waals surface area contributed by atoms with Crippen LogP contribution in [0.4, 0.5) is 0 Å². The first-order valence-corrected chi connectivity index (χ1v) is 4.75. The normalized spacial score (nSPS) is 28.1. The van der Waals surface area contributed by atoms with Gasteiger partial charge in [-0.05, 0) is 25.7 Å². The number of allylic oxidation sites excluding steroid dienone is 4. The second-order valence-electron chi connectivity index (χ2n) is 3.63. The minimum absolute atomic E-state index is 0.303. The molecule has 0 saturated carbocycles. The van der Waals surface area contributed by atoms with E-state index in [4.69, 9.17) is 0 Å². The fourth-order valence-corrected chi connectivity index (χ4v) is 2.12. The average molecular weight is 162 g/mol. The van der Waals surface area contributed by atoms with Crippen LogP contribution in [0.1, 0.15) is 32.6 Å². The van der Waals surface area contributed by atoms with Crippen LogP contribution in [0.15, 0.2) is 23.3 Å². The Hall–Kier alpha value is -0.850. The van der Waals surface area contributed by atoms with Crippen LogP contribution in [0.2, 0.25) is 0 Å². The van der Waals surface area contributed by atoms with Crippen LogP contribution in [0.25, 0.3) is 0 Å². The second-order valence-corrected chi connectivity index (χ2v) is 3.63. The van der Waals surface area contributed by atoms with E-state index in [1.165, 1.54) is 5.57 Å². The van der Waals surface area contributed by atoms with E-state index in [-0.39, 0.29) is 0 Å². The molecular formula is C11H14O. The quantitative estimate of drug-likeness (QED) is 0.579. The summed E-state index contributed by atoms with van der Waals surface area (Å²) in [6, 6.07) is 0. The Morgan fingerprint density at radius 1 is 1.58 bits per heavy atom. The Morgan fingerprint density at radius 3 is 3.08 bits per heavy atom. The van der Waals surface area contributed by atoms with E-state index in [0.717, 1.165) is 31.3 Å². The molecule has 0 amide bonds. The third-order valence-corrected chi connectivity index (χ3v) is 2.90. The van der Waals surface area contributed by atoms with Crippen molar-refractivity contribution in [2.75, 3.05) is 0 Å². The zero-order valence-corrected chi connectivity index (χ0v) is 7.47. The fraction of sp³-hybridized carbons (Fsp3) is 0.545. The molecule has 0 saturated heterocycles. The molecule has 0 fully saturated rings. The summed E-state index contributed by atoms with van der Waals surface area (Å²) in [5.74, 6) is 0.696. The number of hydrogen-bond donors (Lipinski definition) is 0. The lowest BCUT2D eigenvalue weighted by Gasteiger charge is -2.04. The van der Waals surface area contributed by atoms with Crippen LogP contribution in [0, 0.1) is 5.92 Å². The first-order valence-electron chi connectivity index (χ1n) is 4.75. The van der Waals surface area contributed by atoms with Crippen LogP contribution in [-0.4, -0.2) is 5.78 Å². The standard InChI is InChI=1S/C11H14O/c1-2-8-7-9-5-3-4-6-10(9)11(8)12/h4,6,8H,2-3,5,7H2,1H3. The highest BCUT2D eigenvalue weighted by Crippen LogP contribution is 2.35. The van der Waals surface area contributed by atoms with Gasteiger partial charge in [-0.1, -0.05) is 24.6 Å². The van der Waals surface area contributed by atoms with Gasteiger partial charge in [0.2, 0.25) is 0 Å². The van der Waals surface area contributed by atoms with Crippen molar-refractivity contribution < 1.29 is 4.79 Å². The van der Waals surface area contributed by atoms with Crippen LogP contribution in [0.3, 0.4) is 0 Å². The maximum atomic E-state index is 11.7. The Bertz CT molecular complexity index is 271. The minimum Gasteiger partial charge on any atom is -0.294 e. The van der Waals surface area contributed by atoms with Gasteiger partial charge in [0.1, 0.15) is 0 Å². The SMILES string of the molecule is CCC1CC2=C(C=CCC2)C1=O. The highest BCUT2D eigenvalue weighted by atomic mass is 16.1. The first kappa shape index (κ1) is 7.78. The largest absolute Gasteiger partial charge is 0.294 e. The van der Waals surface area contributed by atoms with Gasteiger partial charge in [-0.2, -0.15) is 0 Å². The predicted octanol–water partition coefficient (Wildman–Crippen LogP) is 2.63. The molecule has 2 aliphatic carbocycles. The van der Waals surface area contributed by atoms with Gasteiger partial charge >= 0.3 is 0 Å². The molecule has 0 aromatic carbocycles. The smallest absolute Gasteiger partial charge is 0.166 e. The summed E-state index contributed by atoms with van der Waals surface area (Å²) in [4.78, 5) is 11.7. The molecule has 2 aliphatic rings. The lowest BCUT2D eigenvalue weighted by atomic mass is 10.00. The lowest BCUT2D eigenvalue weighted by Crippen LogP contribution is -2.07. The molecule has 2 rings (SSSR count). The van der Waals surface area contributed by atoms with E-state index in [1.54, 1.807) is 0 Å². The Kier molecular flexibility index (Phi) is 1.87. The molecule has 0 radical (unpaired) electrons. The summed E-state index contributed by atoms with van der Waals surface area (Å²) in [7, 11) is 0. The van der Waals surface area contributed by atoms with Crippen LogP contribution >= 0.6 is 0 Å². The third kappa shape index (κ3) is 1.04. The van der Waals surface area contributed by atoms with Crippen molar-refractivity contribution in [1.29, 1.82) is 0 Å². The van der Waals surface area contributed by atoms with Gasteiger partial charge in [0.05, 0.1) is 0 Å². The summed E-state index contributed by atoms with van der Waals surface area (Å²) in [5, 5.41) is 0. The van der Waals surface area contributed by atoms with Crippen LogP contribution in [0.5, 0.6) is 0 Å². The van der Waals surface area contributed by atoms with Crippen molar-refractivity contribution in [3.05, 3.63) is 23.3 Å². The van der Waals surface area contributed by atoms with Gasteiger partial charge in [-0.25, -0.2) is 0 Å². The van der Waals surface area contributed by atoms with E-state index in [1.807, 2.05) is 6.08 Å².